The van der Waals surface area contributed by atoms with E-state index in [1.165, 1.54) is 87.3 Å². The summed E-state index contributed by atoms with van der Waals surface area (Å²) in [5.41, 5.74) is 9.41. The second-order valence-corrected chi connectivity index (χ2v) is 32.3. The molecule has 0 radical (unpaired) electrons. The van der Waals surface area contributed by atoms with Gasteiger partial charge in [0.2, 0.25) is 5.91 Å². The van der Waals surface area contributed by atoms with Gasteiger partial charge in [0.25, 0.3) is 5.66 Å². The van der Waals surface area contributed by atoms with Gasteiger partial charge in [-0.25, -0.2) is 45.2 Å². The number of amides is 1. The predicted molar refractivity (Wildman–Crippen MR) is 506 cm³/mol. The van der Waals surface area contributed by atoms with Crippen LogP contribution in [-0.2, 0) is 63.4 Å². The van der Waals surface area contributed by atoms with Gasteiger partial charge in [-0.15, -0.1) is 41.6 Å². The number of nitrogens with two attached hydrogens (primary N) is 1. The van der Waals surface area contributed by atoms with Crippen LogP contribution < -0.4 is 43.0 Å². The quantitative estimate of drug-likeness (QED) is 0.00809. The summed E-state index contributed by atoms with van der Waals surface area (Å²) in [5, 5.41) is 33.1. The Bertz CT molecular complexity index is 2880. The highest BCUT2D eigenvalue weighted by atomic mass is 32.2. The maximum atomic E-state index is 10.4. The molecule has 29 heteroatoms. The van der Waals surface area contributed by atoms with Gasteiger partial charge in [0.1, 0.15) is 26.5 Å². The highest BCUT2D eigenvalue weighted by Crippen LogP contribution is 2.35. The van der Waals surface area contributed by atoms with Gasteiger partial charge in [-0.1, -0.05) is 165 Å². The fourth-order valence-electron chi connectivity index (χ4n) is 7.77. The van der Waals surface area contributed by atoms with Gasteiger partial charge in [-0.2, -0.15) is 0 Å². The number of terminal acetylenes is 1. The number of methoxy groups -OCH3 is 2. The van der Waals surface area contributed by atoms with Crippen molar-refractivity contribution in [1.82, 2.24) is 92.0 Å². The lowest BCUT2D eigenvalue weighted by Crippen LogP contribution is -2.21. The minimum atomic E-state index is -2.69. The monoisotopic (exact) mass is 1710 g/mol. The number of unbranched alkanes of at least 4 members (excludes halogenated alkanes) is 4. The summed E-state index contributed by atoms with van der Waals surface area (Å²) < 4.78 is 30.5. The predicted octanol–water partition coefficient (Wildman–Crippen LogP) is 17.0. The molecule has 682 valence electrons. The SMILES string of the molecule is C#CCCC.C=C(C)CCC.CCC(C)COC.CCCC.CCCC(C)(C)O.CCCC(N)=O.CCCC1CC1.CCCCOC.CCCCS(C)(=O)=O.CN1CC=CC1.CNCc1cnc[nH]1.CNCc1cnccn1.CNCc1cncs1.CNCc1ncc[nH]1.CNCc1ncccn1.CNCc1nccs1.[C-]#[N+]C1(NC)CC1. The van der Waals surface area contributed by atoms with E-state index in [1.807, 2.05) is 107 Å². The van der Waals surface area contributed by atoms with E-state index in [9.17, 15) is 13.2 Å². The Morgan fingerprint density at radius 3 is 1.58 bits per heavy atom. The van der Waals surface area contributed by atoms with E-state index in [-0.39, 0.29) is 11.6 Å². The molecule has 12 N–H and O–H groups in total. The van der Waals surface area contributed by atoms with Crippen LogP contribution in [0.2, 0.25) is 0 Å². The Morgan fingerprint density at radius 1 is 0.720 bits per heavy atom. The fraction of sp³-hybridized carbons (Fsp3) is 0.685. The zero-order valence-electron chi connectivity index (χ0n) is 78.6. The minimum Gasteiger partial charge on any atom is -0.390 e. The molecule has 2 fully saturated rings. The van der Waals surface area contributed by atoms with E-state index in [2.05, 4.69) is 198 Å². The summed E-state index contributed by atoms with van der Waals surface area (Å²) in [4.78, 5) is 54.4. The minimum absolute atomic E-state index is 0.125. The molecule has 2 aliphatic carbocycles. The van der Waals surface area contributed by atoms with Gasteiger partial charge in [0, 0.05) is 182 Å². The van der Waals surface area contributed by atoms with Crippen LogP contribution in [0.15, 0.2) is 110 Å². The van der Waals surface area contributed by atoms with Crippen LogP contribution in [0, 0.1) is 30.8 Å². The van der Waals surface area contributed by atoms with Crippen molar-refractivity contribution >= 4 is 38.4 Å². The molecule has 1 atom stereocenters. The van der Waals surface area contributed by atoms with Crippen molar-refractivity contribution in [1.29, 1.82) is 0 Å². The average molecular weight is 1710 g/mol. The lowest BCUT2D eigenvalue weighted by atomic mass is 10.0. The van der Waals surface area contributed by atoms with E-state index in [4.69, 9.17) is 33.3 Å². The summed E-state index contributed by atoms with van der Waals surface area (Å²) in [7, 11) is 16.1. The third-order valence-electron chi connectivity index (χ3n) is 14.8. The highest BCUT2D eigenvalue weighted by Gasteiger charge is 2.49. The number of nitrogens with zero attached hydrogens (tertiary/aromatic N) is 10. The lowest BCUT2D eigenvalue weighted by Gasteiger charge is -2.14. The number of hydrogen-bond acceptors (Lipinski definition) is 24. The average Bonchev–Trinajstić information content (AvgIpc) is 1.68. The first-order chi connectivity index (χ1) is 56.5. The molecule has 118 heavy (non-hydrogen) atoms. The van der Waals surface area contributed by atoms with E-state index in [1.54, 1.807) is 92.7 Å². The Kier molecular flexibility index (Phi) is 107. The number of H-pyrrole nitrogens is 2. The first-order valence-electron chi connectivity index (χ1n) is 42.2. The molecule has 6 aromatic heterocycles. The van der Waals surface area contributed by atoms with Crippen LogP contribution in [0.3, 0.4) is 0 Å². The molecule has 0 aromatic carbocycles. The number of carbonyl (C=O) groups excluding carboxylic acids is 1. The second-order valence-electron chi connectivity index (χ2n) is 28.1. The van der Waals surface area contributed by atoms with Gasteiger partial charge in [-0.05, 0) is 134 Å². The van der Waals surface area contributed by atoms with E-state index < -0.39 is 15.4 Å². The first kappa shape index (κ1) is 127. The molecule has 1 amide bonds. The van der Waals surface area contributed by atoms with E-state index >= 15 is 0 Å². The number of allylic oxidation sites excluding steroid dienone is 1. The summed E-state index contributed by atoms with van der Waals surface area (Å²) in [6, 6.07) is 1.80. The molecular weight excluding hydrogens is 1540 g/mol. The molecule has 0 saturated heterocycles. The molecule has 2 saturated carbocycles. The zero-order chi connectivity index (χ0) is 91.1. The van der Waals surface area contributed by atoms with Crippen LogP contribution in [-0.4, -0.2) is 194 Å². The second kappa shape index (κ2) is 99.2. The van der Waals surface area contributed by atoms with Crippen molar-refractivity contribution in [2.45, 2.75) is 282 Å². The summed E-state index contributed by atoms with van der Waals surface area (Å²) >= 11 is 3.35. The number of aromatic amines is 2. The Labute approximate surface area is 728 Å². The van der Waals surface area contributed by atoms with Crippen molar-refractivity contribution in [2.24, 2.45) is 17.6 Å². The standard InChI is InChI=1S/2C6H9N3.2C6H14O.2C6H12.2C5H9N3.2C5H8N2S.C5H8N2.C5H9N.C5H12O2S.C5H12O.C5H8.C4H9NO.C4H10/c1-7-4-6-5-8-2-3-9-6;1-7-5-6-8-3-2-4-9-6;1-4-6(2)5-7-3;1-4-5-6(2,3)7;1-2-3-6-4-5-6;1-4-5-6(2)3;1-6-2-5-3-7-4-8-5;1-6-4-5-7-2-3-8-5;1-6-2-5-3-7-4-8-5;1-6-4-5-7-2-3-8-5;1-6-5(7-2)3-4-5;1-6-4-2-3-5-6;1-3-4-5-8(2,6)7;1-3-4-5-6-2;1-3-5-4-2;1-2-3-4(5)6;1-3-4-2/h2-3,5,7H,4H2,1H3;2-4,7H,5H2,1H3;6H,4-5H2,1-3H3;7H,4-5H2,1-3H3;6H,2-5H2,1H3;2,4-5H2,1,3H3;3-4,6H,2H2,1H3,(H,7,8);2-3,6H,4H2,1H3,(H,7,8);3-4,6H,2H2,1H3;2-3,6H,4H2,1H3;6H,3-4H2,1H3;2-3H,4-5H2,1H3;3-5H2,1-2H3;3-5H2,1-2H3;1H,4-5H2,2H3;2-3H2,1H3,(H2,5,6);3-4H2,1-2H3. The number of aromatic nitrogens is 10. The number of carbonyl (C=O) groups is 1. The molecular formula is C89H172N20O6S3. The Morgan fingerprint density at radius 2 is 1.32 bits per heavy atom. The first-order valence-corrected chi connectivity index (χ1v) is 46.0. The normalized spacial score (nSPS) is 11.9. The van der Waals surface area contributed by atoms with Crippen LogP contribution in [0.4, 0.5) is 0 Å². The van der Waals surface area contributed by atoms with Gasteiger partial charge >= 0.3 is 0 Å². The Hall–Kier alpha value is -6.65. The van der Waals surface area contributed by atoms with Crippen molar-refractivity contribution in [3.8, 4) is 12.3 Å². The molecule has 3 aliphatic rings. The van der Waals surface area contributed by atoms with Gasteiger partial charge in [-0.3, -0.25) is 29.5 Å². The number of thiazole rings is 2. The third-order valence-corrected chi connectivity index (χ3v) is 17.4. The Balaban J connectivity index is -0.000000182. The van der Waals surface area contributed by atoms with E-state index in [0.717, 1.165) is 163 Å². The highest BCUT2D eigenvalue weighted by molar-refractivity contribution is 7.90. The van der Waals surface area contributed by atoms with Gasteiger partial charge < -0.3 is 62.2 Å². The molecule has 0 spiro atoms. The zero-order valence-corrected chi connectivity index (χ0v) is 81.0. The number of rotatable bonds is 32. The number of aliphatic hydroxyl groups is 1. The number of nitrogens with one attached hydrogen (secondary N) is 9. The topological polar surface area (TPSA) is 342 Å². The largest absolute Gasteiger partial charge is 0.390 e. The number of ether oxygens (including phenoxy) is 2. The molecule has 1 aliphatic heterocycles. The number of sulfone groups is 1. The molecule has 7 heterocycles. The maximum absolute atomic E-state index is 10.4. The van der Waals surface area contributed by atoms with Crippen LogP contribution >= 0.6 is 22.7 Å². The molecule has 0 bridgehead atoms. The number of primary amides is 1. The number of likely N-dealkylation sites (N-methyl/N-ethyl adjacent to an activating group) is 1. The third kappa shape index (κ3) is 116. The van der Waals surface area contributed by atoms with Crippen molar-refractivity contribution in [2.75, 3.05) is 109 Å². The fourth-order valence-corrected chi connectivity index (χ4v) is 9.82. The van der Waals surface area contributed by atoms with Crippen LogP contribution in [0.5, 0.6) is 0 Å². The van der Waals surface area contributed by atoms with Crippen molar-refractivity contribution in [3.05, 3.63) is 154 Å². The van der Waals surface area contributed by atoms with Crippen molar-refractivity contribution < 1.29 is 27.8 Å². The summed E-state index contributed by atoms with van der Waals surface area (Å²) in [6.07, 6.45) is 53.6. The summed E-state index contributed by atoms with van der Waals surface area (Å²) in [5.74, 6) is 6.33. The maximum Gasteiger partial charge on any atom is 0.286 e. The van der Waals surface area contributed by atoms with Crippen molar-refractivity contribution in [3.63, 3.8) is 0 Å². The molecule has 1 unspecified atom stereocenters. The van der Waals surface area contributed by atoms with Gasteiger partial charge in [0.15, 0.2) is 0 Å². The summed E-state index contributed by atoms with van der Waals surface area (Å²) in [6.45, 7) is 48.5. The lowest BCUT2D eigenvalue weighted by molar-refractivity contribution is -0.118. The molecule has 9 rings (SSSR count). The van der Waals surface area contributed by atoms with Gasteiger partial charge in [0.05, 0.1) is 36.2 Å². The molecule has 6 aromatic rings. The van der Waals surface area contributed by atoms with E-state index in [0.29, 0.717) is 12.2 Å². The number of hydrogen-bond donors (Lipinski definition) is 11. The smallest absolute Gasteiger partial charge is 0.286 e. The van der Waals surface area contributed by atoms with Crippen LogP contribution in [0.25, 0.3) is 4.85 Å². The molecule has 26 nitrogen and oxygen atoms in total. The van der Waals surface area contributed by atoms with Crippen LogP contribution in [0.1, 0.15) is 265 Å². The number of imidazole rings is 2.